The monoisotopic (exact) mass is 401 g/mol. The van der Waals surface area contributed by atoms with Crippen LogP contribution in [0, 0.1) is 6.92 Å². The fourth-order valence-corrected chi connectivity index (χ4v) is 4.66. The molecule has 1 aliphatic heterocycles. The highest BCUT2D eigenvalue weighted by molar-refractivity contribution is 7.92. The molecule has 1 aliphatic rings. The summed E-state index contributed by atoms with van der Waals surface area (Å²) in [6, 6.07) is 13.6. The van der Waals surface area contributed by atoms with Gasteiger partial charge in [-0.3, -0.25) is 9.10 Å². The molecule has 0 aliphatic carbocycles. The predicted molar refractivity (Wildman–Crippen MR) is 111 cm³/mol. The first kappa shape index (κ1) is 20.4. The van der Waals surface area contributed by atoms with Gasteiger partial charge in [-0.1, -0.05) is 24.3 Å². The number of anilines is 1. The maximum absolute atomic E-state index is 12.9. The fraction of sp³-hybridized carbons (Fsp3) is 0.381. The Morgan fingerprint density at radius 2 is 1.75 bits per heavy atom. The molecule has 1 N–H and O–H groups in total. The summed E-state index contributed by atoms with van der Waals surface area (Å²) in [5, 5.41) is 3.08. The van der Waals surface area contributed by atoms with Gasteiger partial charge in [-0.2, -0.15) is 0 Å². The Bertz CT molecular complexity index is 937. The van der Waals surface area contributed by atoms with E-state index in [0.717, 1.165) is 31.5 Å². The number of nitrogens with zero attached hydrogens (tertiary/aromatic N) is 2. The second kappa shape index (κ2) is 8.32. The zero-order valence-electron chi connectivity index (χ0n) is 16.6. The van der Waals surface area contributed by atoms with E-state index in [1.165, 1.54) is 11.4 Å². The highest BCUT2D eigenvalue weighted by atomic mass is 32.2. The van der Waals surface area contributed by atoms with E-state index in [-0.39, 0.29) is 16.8 Å². The molecular formula is C21H27N3O3S. The van der Waals surface area contributed by atoms with Crippen LogP contribution < -0.4 is 9.62 Å². The van der Waals surface area contributed by atoms with Crippen LogP contribution in [0.15, 0.2) is 53.4 Å². The zero-order valence-corrected chi connectivity index (χ0v) is 17.4. The summed E-state index contributed by atoms with van der Waals surface area (Å²) in [5.41, 5.74) is 1.76. The van der Waals surface area contributed by atoms with Gasteiger partial charge in [0.2, 0.25) is 0 Å². The highest BCUT2D eigenvalue weighted by Gasteiger charge is 2.24. The van der Waals surface area contributed by atoms with Gasteiger partial charge in [0.05, 0.1) is 10.6 Å². The van der Waals surface area contributed by atoms with Crippen LogP contribution in [0.25, 0.3) is 0 Å². The first-order valence-electron chi connectivity index (χ1n) is 9.43. The van der Waals surface area contributed by atoms with Gasteiger partial charge >= 0.3 is 0 Å². The smallest absolute Gasteiger partial charge is 0.264 e. The molecule has 0 spiro atoms. The van der Waals surface area contributed by atoms with Crippen molar-refractivity contribution < 1.29 is 13.2 Å². The molecule has 0 atom stereocenters. The number of hydrogen-bond donors (Lipinski definition) is 1. The number of amides is 1. The largest absolute Gasteiger partial charge is 0.349 e. The molecule has 28 heavy (non-hydrogen) atoms. The number of likely N-dealkylation sites (tertiary alicyclic amines) is 1. The lowest BCUT2D eigenvalue weighted by molar-refractivity contribution is 0.0917. The first-order chi connectivity index (χ1) is 13.3. The summed E-state index contributed by atoms with van der Waals surface area (Å²) in [5.74, 6) is -0.165. The van der Waals surface area contributed by atoms with E-state index in [2.05, 4.69) is 17.3 Å². The van der Waals surface area contributed by atoms with Gasteiger partial charge in [0.15, 0.2) is 0 Å². The molecule has 0 unspecified atom stereocenters. The van der Waals surface area contributed by atoms with Crippen molar-refractivity contribution in [1.29, 1.82) is 0 Å². The number of carbonyl (C=O) groups is 1. The number of piperidine rings is 1. The van der Waals surface area contributed by atoms with Crippen LogP contribution in [0.3, 0.4) is 0 Å². The van der Waals surface area contributed by atoms with Crippen LogP contribution >= 0.6 is 0 Å². The SMILES string of the molecule is Cc1ccc(C(=O)NC2CCN(C)CC2)cc1N(C)S(=O)(=O)c1ccccc1. The number of rotatable bonds is 5. The van der Waals surface area contributed by atoms with Crippen molar-refractivity contribution in [3.05, 3.63) is 59.7 Å². The molecule has 0 radical (unpaired) electrons. The predicted octanol–water partition coefficient (Wildman–Crippen LogP) is 2.64. The van der Waals surface area contributed by atoms with E-state index in [4.69, 9.17) is 0 Å². The van der Waals surface area contributed by atoms with E-state index in [9.17, 15) is 13.2 Å². The third-order valence-electron chi connectivity index (χ3n) is 5.27. The van der Waals surface area contributed by atoms with Gasteiger partial charge in [0.1, 0.15) is 0 Å². The standard InChI is InChI=1S/C21H27N3O3S/c1-16-9-10-17(21(25)22-18-11-13-23(2)14-12-18)15-20(16)24(3)28(26,27)19-7-5-4-6-8-19/h4-10,15,18H,11-14H2,1-3H3,(H,22,25). The highest BCUT2D eigenvalue weighted by Crippen LogP contribution is 2.26. The number of carbonyl (C=O) groups excluding carboxylic acids is 1. The topological polar surface area (TPSA) is 69.7 Å². The molecule has 1 heterocycles. The minimum Gasteiger partial charge on any atom is -0.349 e. The molecule has 3 rings (SSSR count). The molecule has 1 amide bonds. The lowest BCUT2D eigenvalue weighted by atomic mass is 10.0. The maximum Gasteiger partial charge on any atom is 0.264 e. The first-order valence-corrected chi connectivity index (χ1v) is 10.9. The van der Waals surface area contributed by atoms with Crippen molar-refractivity contribution in [2.45, 2.75) is 30.7 Å². The Kier molecular flexibility index (Phi) is 6.05. The third kappa shape index (κ3) is 4.36. The summed E-state index contributed by atoms with van der Waals surface area (Å²) < 4.78 is 27.1. The van der Waals surface area contributed by atoms with E-state index < -0.39 is 10.0 Å². The Morgan fingerprint density at radius 3 is 2.39 bits per heavy atom. The Morgan fingerprint density at radius 1 is 1.11 bits per heavy atom. The van der Waals surface area contributed by atoms with Crippen LogP contribution in [-0.2, 0) is 10.0 Å². The van der Waals surface area contributed by atoms with Crippen molar-refractivity contribution in [2.24, 2.45) is 0 Å². The molecule has 1 saturated heterocycles. The Hall–Kier alpha value is -2.38. The lowest BCUT2D eigenvalue weighted by Gasteiger charge is -2.29. The van der Waals surface area contributed by atoms with Crippen molar-refractivity contribution in [2.75, 3.05) is 31.5 Å². The Balaban J connectivity index is 1.82. The van der Waals surface area contributed by atoms with Crippen molar-refractivity contribution in [3.8, 4) is 0 Å². The maximum atomic E-state index is 12.9. The van der Waals surface area contributed by atoms with Gasteiger partial charge in [-0.05, 0) is 69.7 Å². The summed E-state index contributed by atoms with van der Waals surface area (Å²) in [6.45, 7) is 3.76. The number of aryl methyl sites for hydroxylation is 1. The molecular weight excluding hydrogens is 374 g/mol. The minimum atomic E-state index is -3.69. The normalized spacial score (nSPS) is 16.0. The van der Waals surface area contributed by atoms with Crippen molar-refractivity contribution in [1.82, 2.24) is 10.2 Å². The quantitative estimate of drug-likeness (QED) is 0.836. The van der Waals surface area contributed by atoms with Crippen molar-refractivity contribution >= 4 is 21.6 Å². The average molecular weight is 402 g/mol. The summed E-state index contributed by atoms with van der Waals surface area (Å²) in [4.78, 5) is 15.2. The summed E-state index contributed by atoms with van der Waals surface area (Å²) in [6.07, 6.45) is 1.84. The van der Waals surface area contributed by atoms with Gasteiger partial charge in [-0.15, -0.1) is 0 Å². The van der Waals surface area contributed by atoms with E-state index >= 15 is 0 Å². The number of nitrogens with one attached hydrogen (secondary N) is 1. The fourth-order valence-electron chi connectivity index (χ4n) is 3.39. The number of hydrogen-bond acceptors (Lipinski definition) is 4. The Labute approximate surface area is 167 Å². The van der Waals surface area contributed by atoms with Crippen LogP contribution in [0.5, 0.6) is 0 Å². The summed E-state index contributed by atoms with van der Waals surface area (Å²) in [7, 11) is -0.100. The van der Waals surface area contributed by atoms with Crippen molar-refractivity contribution in [3.63, 3.8) is 0 Å². The molecule has 0 aromatic heterocycles. The van der Waals surface area contributed by atoms with Crippen LogP contribution in [0.4, 0.5) is 5.69 Å². The van der Waals surface area contributed by atoms with Crippen LogP contribution in [0.2, 0.25) is 0 Å². The van der Waals surface area contributed by atoms with Gasteiger partial charge in [0.25, 0.3) is 15.9 Å². The van der Waals surface area contributed by atoms with E-state index in [1.807, 2.05) is 6.92 Å². The molecule has 150 valence electrons. The molecule has 1 fully saturated rings. The van der Waals surface area contributed by atoms with E-state index in [1.54, 1.807) is 48.5 Å². The zero-order chi connectivity index (χ0) is 20.3. The third-order valence-corrected chi connectivity index (χ3v) is 7.05. The number of sulfonamides is 1. The second-order valence-corrected chi connectivity index (χ2v) is 9.31. The lowest BCUT2D eigenvalue weighted by Crippen LogP contribution is -2.43. The molecule has 2 aromatic rings. The van der Waals surface area contributed by atoms with E-state index in [0.29, 0.717) is 11.3 Å². The summed E-state index contributed by atoms with van der Waals surface area (Å²) >= 11 is 0. The minimum absolute atomic E-state index is 0.152. The molecule has 7 heteroatoms. The average Bonchev–Trinajstić information content (AvgIpc) is 2.70. The molecule has 2 aromatic carbocycles. The number of benzene rings is 2. The van der Waals surface area contributed by atoms with Gasteiger partial charge < -0.3 is 10.2 Å². The van der Waals surface area contributed by atoms with Crippen LogP contribution in [0.1, 0.15) is 28.8 Å². The van der Waals surface area contributed by atoms with Crippen LogP contribution in [-0.4, -0.2) is 52.5 Å². The van der Waals surface area contributed by atoms with Gasteiger partial charge in [0, 0.05) is 18.7 Å². The molecule has 6 nitrogen and oxygen atoms in total. The molecule has 0 saturated carbocycles. The second-order valence-electron chi connectivity index (χ2n) is 7.34. The van der Waals surface area contributed by atoms with Gasteiger partial charge in [-0.25, -0.2) is 8.42 Å². The molecule has 0 bridgehead atoms.